The fourth-order valence-corrected chi connectivity index (χ4v) is 3.08. The Balaban J connectivity index is 1.74. The molecule has 0 atom stereocenters. The van der Waals surface area contributed by atoms with E-state index >= 15 is 0 Å². The normalized spacial score (nSPS) is 15.1. The summed E-state index contributed by atoms with van der Waals surface area (Å²) < 4.78 is 11.0. The zero-order valence-corrected chi connectivity index (χ0v) is 13.8. The lowest BCUT2D eigenvalue weighted by Gasteiger charge is -2.27. The summed E-state index contributed by atoms with van der Waals surface area (Å²) in [5.41, 5.74) is 3.85. The van der Waals surface area contributed by atoms with Crippen LogP contribution in [0.5, 0.6) is 11.5 Å². The number of hydrogen-bond acceptors (Lipinski definition) is 3. The summed E-state index contributed by atoms with van der Waals surface area (Å²) in [6.45, 7) is 3.02. The van der Waals surface area contributed by atoms with E-state index in [4.69, 9.17) is 9.47 Å². The molecule has 2 aromatic carbocycles. The molecular formula is C20H23NO2. The summed E-state index contributed by atoms with van der Waals surface area (Å²) in [5.74, 6) is 1.62. The lowest BCUT2D eigenvalue weighted by atomic mass is 9.98. The molecule has 2 aromatic rings. The smallest absolute Gasteiger partial charge is 0.168 e. The first kappa shape index (κ1) is 15.6. The van der Waals surface area contributed by atoms with Crippen LogP contribution in [0.4, 0.5) is 0 Å². The second kappa shape index (κ2) is 7.34. The maximum Gasteiger partial charge on any atom is 0.168 e. The zero-order chi connectivity index (χ0) is 16.1. The first-order chi connectivity index (χ1) is 11.3. The summed E-state index contributed by atoms with van der Waals surface area (Å²) in [6, 6.07) is 16.7. The molecule has 120 valence electrons. The summed E-state index contributed by atoms with van der Waals surface area (Å²) in [6.07, 6.45) is 3.33. The molecule has 0 N–H and O–H groups in total. The Labute approximate surface area is 138 Å². The average molecular weight is 309 g/mol. The van der Waals surface area contributed by atoms with Gasteiger partial charge in [-0.2, -0.15) is 0 Å². The Hall–Kier alpha value is -2.26. The van der Waals surface area contributed by atoms with Gasteiger partial charge >= 0.3 is 0 Å². The maximum atomic E-state index is 5.56. The highest BCUT2D eigenvalue weighted by molar-refractivity contribution is 5.73. The third-order valence-corrected chi connectivity index (χ3v) is 4.29. The van der Waals surface area contributed by atoms with E-state index in [0.29, 0.717) is 0 Å². The van der Waals surface area contributed by atoms with Crippen molar-refractivity contribution < 1.29 is 9.47 Å². The number of methoxy groups -OCH3 is 2. The van der Waals surface area contributed by atoms with Crippen molar-refractivity contribution in [3.8, 4) is 11.5 Å². The largest absolute Gasteiger partial charge is 0.493 e. The standard InChI is InChI=1S/C20H23NO2/c1-22-19-10-6-9-18(20(19)23-2)17-11-13-21(14-12-17)15-16-7-4-3-5-8-16/h3-11H,12-15H2,1-2H3. The van der Waals surface area contributed by atoms with Crippen molar-refractivity contribution in [2.45, 2.75) is 13.0 Å². The van der Waals surface area contributed by atoms with E-state index in [1.165, 1.54) is 11.1 Å². The third kappa shape index (κ3) is 3.57. The van der Waals surface area contributed by atoms with Gasteiger partial charge in [0.25, 0.3) is 0 Å². The van der Waals surface area contributed by atoms with Gasteiger partial charge in [-0.1, -0.05) is 48.5 Å². The number of rotatable bonds is 5. The molecule has 0 bridgehead atoms. The molecule has 0 saturated heterocycles. The molecule has 0 saturated carbocycles. The molecule has 0 unspecified atom stereocenters. The minimum atomic E-state index is 0.789. The van der Waals surface area contributed by atoms with Crippen molar-refractivity contribution >= 4 is 5.57 Å². The quantitative estimate of drug-likeness (QED) is 0.833. The molecule has 0 radical (unpaired) electrons. The number of para-hydroxylation sites is 1. The van der Waals surface area contributed by atoms with E-state index in [1.54, 1.807) is 14.2 Å². The number of hydrogen-bond donors (Lipinski definition) is 0. The van der Waals surface area contributed by atoms with Crippen LogP contribution in [0.15, 0.2) is 54.6 Å². The van der Waals surface area contributed by atoms with Crippen molar-refractivity contribution in [1.82, 2.24) is 4.90 Å². The van der Waals surface area contributed by atoms with Gasteiger partial charge in [0, 0.05) is 25.2 Å². The van der Waals surface area contributed by atoms with E-state index < -0.39 is 0 Å². The van der Waals surface area contributed by atoms with E-state index in [2.05, 4.69) is 47.4 Å². The van der Waals surface area contributed by atoms with Crippen LogP contribution in [0.25, 0.3) is 5.57 Å². The van der Waals surface area contributed by atoms with Crippen LogP contribution in [0.1, 0.15) is 17.5 Å². The molecule has 1 aliphatic rings. The van der Waals surface area contributed by atoms with E-state index in [0.717, 1.165) is 43.1 Å². The third-order valence-electron chi connectivity index (χ3n) is 4.29. The summed E-state index contributed by atoms with van der Waals surface area (Å²) in [7, 11) is 3.38. The predicted octanol–water partition coefficient (Wildman–Crippen LogP) is 3.99. The molecule has 0 fully saturated rings. The van der Waals surface area contributed by atoms with Gasteiger partial charge in [-0.15, -0.1) is 0 Å². The molecule has 0 amide bonds. The SMILES string of the molecule is COc1cccc(C2=CCN(Cc3ccccc3)CC2)c1OC. The Morgan fingerprint density at radius 2 is 1.78 bits per heavy atom. The van der Waals surface area contributed by atoms with Crippen LogP contribution in [-0.4, -0.2) is 32.2 Å². The van der Waals surface area contributed by atoms with Crippen LogP contribution in [0.2, 0.25) is 0 Å². The van der Waals surface area contributed by atoms with Crippen LogP contribution < -0.4 is 9.47 Å². The van der Waals surface area contributed by atoms with Crippen LogP contribution in [0.3, 0.4) is 0 Å². The van der Waals surface area contributed by atoms with Crippen LogP contribution in [-0.2, 0) is 6.54 Å². The van der Waals surface area contributed by atoms with E-state index in [-0.39, 0.29) is 0 Å². The van der Waals surface area contributed by atoms with Gasteiger partial charge in [0.15, 0.2) is 11.5 Å². The van der Waals surface area contributed by atoms with Crippen molar-refractivity contribution in [2.75, 3.05) is 27.3 Å². The van der Waals surface area contributed by atoms with Gasteiger partial charge < -0.3 is 9.47 Å². The van der Waals surface area contributed by atoms with Crippen LogP contribution >= 0.6 is 0 Å². The van der Waals surface area contributed by atoms with Crippen molar-refractivity contribution in [1.29, 1.82) is 0 Å². The molecule has 0 aromatic heterocycles. The highest BCUT2D eigenvalue weighted by Gasteiger charge is 2.18. The molecule has 0 aliphatic carbocycles. The van der Waals surface area contributed by atoms with Gasteiger partial charge in [0.1, 0.15) is 0 Å². The van der Waals surface area contributed by atoms with Gasteiger partial charge in [0.2, 0.25) is 0 Å². The first-order valence-electron chi connectivity index (χ1n) is 7.98. The van der Waals surface area contributed by atoms with E-state index in [1.807, 2.05) is 12.1 Å². The van der Waals surface area contributed by atoms with Crippen molar-refractivity contribution in [2.24, 2.45) is 0 Å². The first-order valence-corrected chi connectivity index (χ1v) is 7.98. The van der Waals surface area contributed by atoms with Gasteiger partial charge in [-0.3, -0.25) is 4.90 Å². The molecule has 23 heavy (non-hydrogen) atoms. The highest BCUT2D eigenvalue weighted by Crippen LogP contribution is 2.37. The fraction of sp³-hybridized carbons (Fsp3) is 0.300. The molecule has 3 heteroatoms. The van der Waals surface area contributed by atoms with Gasteiger partial charge in [-0.05, 0) is 23.6 Å². The van der Waals surface area contributed by atoms with Crippen molar-refractivity contribution in [3.63, 3.8) is 0 Å². The second-order valence-corrected chi connectivity index (χ2v) is 5.74. The average Bonchev–Trinajstić information content (AvgIpc) is 2.62. The Morgan fingerprint density at radius 1 is 0.957 bits per heavy atom. The topological polar surface area (TPSA) is 21.7 Å². The Kier molecular flexibility index (Phi) is 4.99. The Bertz CT molecular complexity index is 679. The molecule has 1 aliphatic heterocycles. The summed E-state index contributed by atoms with van der Waals surface area (Å²) in [4.78, 5) is 2.46. The highest BCUT2D eigenvalue weighted by atomic mass is 16.5. The lowest BCUT2D eigenvalue weighted by molar-refractivity contribution is 0.293. The van der Waals surface area contributed by atoms with Gasteiger partial charge in [-0.25, -0.2) is 0 Å². The zero-order valence-electron chi connectivity index (χ0n) is 13.8. The number of benzene rings is 2. The number of nitrogens with zero attached hydrogens (tertiary/aromatic N) is 1. The van der Waals surface area contributed by atoms with Gasteiger partial charge in [0.05, 0.1) is 14.2 Å². The molecule has 3 nitrogen and oxygen atoms in total. The second-order valence-electron chi connectivity index (χ2n) is 5.74. The van der Waals surface area contributed by atoms with Crippen LogP contribution in [0, 0.1) is 0 Å². The molecule has 0 spiro atoms. The van der Waals surface area contributed by atoms with Crippen molar-refractivity contribution in [3.05, 3.63) is 65.7 Å². The maximum absolute atomic E-state index is 5.56. The minimum Gasteiger partial charge on any atom is -0.493 e. The Morgan fingerprint density at radius 3 is 2.43 bits per heavy atom. The summed E-state index contributed by atoms with van der Waals surface area (Å²) >= 11 is 0. The lowest BCUT2D eigenvalue weighted by Crippen LogP contribution is -2.28. The van der Waals surface area contributed by atoms with E-state index in [9.17, 15) is 0 Å². The fourth-order valence-electron chi connectivity index (χ4n) is 3.08. The number of ether oxygens (including phenoxy) is 2. The predicted molar refractivity (Wildman–Crippen MR) is 93.9 cm³/mol. The molecule has 1 heterocycles. The molecule has 3 rings (SSSR count). The summed E-state index contributed by atoms with van der Waals surface area (Å²) in [5, 5.41) is 0. The minimum absolute atomic E-state index is 0.789. The monoisotopic (exact) mass is 309 g/mol. The molecular weight excluding hydrogens is 286 g/mol.